The van der Waals surface area contributed by atoms with Crippen molar-refractivity contribution in [2.75, 3.05) is 32.7 Å². The van der Waals surface area contributed by atoms with E-state index in [9.17, 15) is 0 Å². The molecule has 0 aliphatic carbocycles. The van der Waals surface area contributed by atoms with Gasteiger partial charge in [0.2, 0.25) is 0 Å². The van der Waals surface area contributed by atoms with Gasteiger partial charge in [0.05, 0.1) is 0 Å². The third-order valence-corrected chi connectivity index (χ3v) is 4.54. The van der Waals surface area contributed by atoms with Crippen LogP contribution in [0.1, 0.15) is 51.0 Å². The van der Waals surface area contributed by atoms with E-state index >= 15 is 0 Å². The Kier molecular flexibility index (Phi) is 8.59. The summed E-state index contributed by atoms with van der Waals surface area (Å²) in [4.78, 5) is 5.25. The van der Waals surface area contributed by atoms with E-state index in [0.29, 0.717) is 0 Å². The minimum absolute atomic E-state index is 1.11. The molecular weight excluding hydrogens is 268 g/mol. The van der Waals surface area contributed by atoms with Crippen LogP contribution >= 0.6 is 0 Å². The van der Waals surface area contributed by atoms with E-state index in [2.05, 4.69) is 53.5 Å². The largest absolute Gasteiger partial charge is 0.303 e. The Hall–Kier alpha value is -0.860. The molecular formula is C20H33N2. The van der Waals surface area contributed by atoms with Crippen molar-refractivity contribution >= 4 is 0 Å². The molecule has 0 atom stereocenters. The maximum atomic E-state index is 2.63. The van der Waals surface area contributed by atoms with Crippen LogP contribution in [0.5, 0.6) is 0 Å². The summed E-state index contributed by atoms with van der Waals surface area (Å²) in [6, 6.07) is 10.9. The van der Waals surface area contributed by atoms with Crippen LogP contribution in [0, 0.1) is 6.42 Å². The number of hydrogen-bond acceptors (Lipinski definition) is 2. The molecule has 0 spiro atoms. The summed E-state index contributed by atoms with van der Waals surface area (Å²) in [5, 5.41) is 0. The summed E-state index contributed by atoms with van der Waals surface area (Å²) in [6.45, 7) is 9.74. The Morgan fingerprint density at radius 2 is 1.73 bits per heavy atom. The van der Waals surface area contributed by atoms with Crippen molar-refractivity contribution in [3.05, 3.63) is 42.3 Å². The summed E-state index contributed by atoms with van der Waals surface area (Å²) in [5.41, 5.74) is 1.44. The molecule has 0 bridgehead atoms. The molecule has 22 heavy (non-hydrogen) atoms. The van der Waals surface area contributed by atoms with Crippen molar-refractivity contribution in [2.24, 2.45) is 0 Å². The third-order valence-electron chi connectivity index (χ3n) is 4.54. The average molecular weight is 301 g/mol. The monoisotopic (exact) mass is 301 g/mol. The zero-order chi connectivity index (χ0) is 15.5. The molecule has 1 aliphatic rings. The number of unbranched alkanes of at least 4 members (excludes halogenated alkanes) is 2. The van der Waals surface area contributed by atoms with Gasteiger partial charge in [-0.25, -0.2) is 0 Å². The highest BCUT2D eigenvalue weighted by Gasteiger charge is 2.09. The first-order valence-electron chi connectivity index (χ1n) is 9.19. The van der Waals surface area contributed by atoms with E-state index in [0.717, 1.165) is 6.54 Å². The van der Waals surface area contributed by atoms with Gasteiger partial charge in [0.1, 0.15) is 0 Å². The molecule has 1 fully saturated rings. The van der Waals surface area contributed by atoms with Crippen molar-refractivity contribution in [1.82, 2.24) is 9.80 Å². The fraction of sp³-hybridized carbons (Fsp3) is 0.650. The molecule has 1 aliphatic heterocycles. The molecule has 2 rings (SSSR count). The second-order valence-corrected chi connectivity index (χ2v) is 6.53. The molecule has 1 radical (unpaired) electrons. The maximum Gasteiger partial charge on any atom is 0.0233 e. The number of rotatable bonds is 10. The topological polar surface area (TPSA) is 6.48 Å². The van der Waals surface area contributed by atoms with Crippen molar-refractivity contribution < 1.29 is 0 Å². The van der Waals surface area contributed by atoms with Crippen LogP contribution in [0.15, 0.2) is 30.3 Å². The van der Waals surface area contributed by atoms with E-state index in [1.54, 1.807) is 0 Å². The minimum Gasteiger partial charge on any atom is -0.303 e. The van der Waals surface area contributed by atoms with Crippen molar-refractivity contribution in [1.29, 1.82) is 0 Å². The molecule has 1 heterocycles. The lowest BCUT2D eigenvalue weighted by molar-refractivity contribution is 0.236. The van der Waals surface area contributed by atoms with Crippen molar-refractivity contribution in [3.63, 3.8) is 0 Å². The van der Waals surface area contributed by atoms with Crippen LogP contribution in [-0.2, 0) is 6.54 Å². The van der Waals surface area contributed by atoms with Crippen LogP contribution in [0.2, 0.25) is 0 Å². The Balaban J connectivity index is 1.59. The maximum absolute atomic E-state index is 2.63. The number of nitrogens with zero attached hydrogens (tertiary/aromatic N) is 2. The average Bonchev–Trinajstić information content (AvgIpc) is 2.56. The Morgan fingerprint density at radius 1 is 0.955 bits per heavy atom. The van der Waals surface area contributed by atoms with Gasteiger partial charge in [-0.1, -0.05) is 43.7 Å². The van der Waals surface area contributed by atoms with Gasteiger partial charge in [-0.15, -0.1) is 0 Å². The summed E-state index contributed by atoms with van der Waals surface area (Å²) >= 11 is 0. The van der Waals surface area contributed by atoms with E-state index in [4.69, 9.17) is 0 Å². The molecule has 0 unspecified atom stereocenters. The van der Waals surface area contributed by atoms with Gasteiger partial charge in [-0.05, 0) is 76.8 Å². The highest BCUT2D eigenvalue weighted by atomic mass is 15.1. The molecule has 2 heteroatoms. The normalized spacial score (nSPS) is 16.3. The zero-order valence-corrected chi connectivity index (χ0v) is 14.3. The highest BCUT2D eigenvalue weighted by Crippen LogP contribution is 2.10. The lowest BCUT2D eigenvalue weighted by Gasteiger charge is -2.26. The molecule has 1 aromatic carbocycles. The Labute approximate surface area is 137 Å². The molecule has 0 N–H and O–H groups in total. The van der Waals surface area contributed by atoms with Crippen LogP contribution in [0.25, 0.3) is 0 Å². The summed E-state index contributed by atoms with van der Waals surface area (Å²) in [7, 11) is 0. The highest BCUT2D eigenvalue weighted by molar-refractivity contribution is 5.14. The lowest BCUT2D eigenvalue weighted by atomic mass is 10.1. The van der Waals surface area contributed by atoms with E-state index in [1.807, 2.05) is 0 Å². The van der Waals surface area contributed by atoms with Crippen LogP contribution in [-0.4, -0.2) is 42.5 Å². The molecule has 1 aromatic rings. The number of likely N-dealkylation sites (tertiary alicyclic amines) is 1. The fourth-order valence-corrected chi connectivity index (χ4v) is 3.30. The second-order valence-electron chi connectivity index (χ2n) is 6.53. The third kappa shape index (κ3) is 6.93. The second kappa shape index (κ2) is 10.8. The van der Waals surface area contributed by atoms with E-state index < -0.39 is 0 Å². The quantitative estimate of drug-likeness (QED) is 0.592. The standard InChI is InChI=1S/C20H33N2/c1-2-14-22(19-20-12-6-3-7-13-20)18-11-5-10-17-21-15-8-4-9-16-21/h3-4,6-7,12-13H,2,5,8-11,14-19H2,1H3. The summed E-state index contributed by atoms with van der Waals surface area (Å²) in [6.07, 6.45) is 10.3. The molecule has 0 saturated carbocycles. The van der Waals surface area contributed by atoms with Gasteiger partial charge in [0.25, 0.3) is 0 Å². The SMILES string of the molecule is CCCN(CCCCCN1CC[CH]CC1)Cc1ccccc1. The predicted octanol–water partition coefficient (Wildman–Crippen LogP) is 4.37. The van der Waals surface area contributed by atoms with E-state index in [1.165, 1.54) is 76.8 Å². The fourth-order valence-electron chi connectivity index (χ4n) is 3.30. The summed E-state index contributed by atoms with van der Waals surface area (Å²) < 4.78 is 0. The first-order chi connectivity index (χ1) is 10.9. The first kappa shape index (κ1) is 17.5. The molecule has 0 aromatic heterocycles. The lowest BCUT2D eigenvalue weighted by Crippen LogP contribution is -2.31. The van der Waals surface area contributed by atoms with E-state index in [-0.39, 0.29) is 0 Å². The smallest absolute Gasteiger partial charge is 0.0233 e. The first-order valence-corrected chi connectivity index (χ1v) is 9.19. The molecule has 0 amide bonds. The number of benzene rings is 1. The van der Waals surface area contributed by atoms with Crippen LogP contribution in [0.4, 0.5) is 0 Å². The van der Waals surface area contributed by atoms with Crippen LogP contribution < -0.4 is 0 Å². The van der Waals surface area contributed by atoms with Gasteiger partial charge in [0.15, 0.2) is 0 Å². The van der Waals surface area contributed by atoms with Gasteiger partial charge in [-0.3, -0.25) is 4.90 Å². The Bertz CT molecular complexity index is 371. The molecule has 123 valence electrons. The molecule has 2 nitrogen and oxygen atoms in total. The minimum atomic E-state index is 1.11. The predicted molar refractivity (Wildman–Crippen MR) is 95.8 cm³/mol. The van der Waals surface area contributed by atoms with Gasteiger partial charge in [0, 0.05) is 6.54 Å². The van der Waals surface area contributed by atoms with Crippen molar-refractivity contribution in [2.45, 2.75) is 52.0 Å². The number of hydrogen-bond donors (Lipinski definition) is 0. The van der Waals surface area contributed by atoms with Crippen molar-refractivity contribution in [3.8, 4) is 0 Å². The van der Waals surface area contributed by atoms with Gasteiger partial charge in [-0.2, -0.15) is 0 Å². The number of piperidine rings is 1. The van der Waals surface area contributed by atoms with Crippen LogP contribution in [0.3, 0.4) is 0 Å². The summed E-state index contributed by atoms with van der Waals surface area (Å²) in [5.74, 6) is 0. The Morgan fingerprint density at radius 3 is 2.45 bits per heavy atom. The van der Waals surface area contributed by atoms with Gasteiger partial charge < -0.3 is 4.90 Å². The molecule has 1 saturated heterocycles. The van der Waals surface area contributed by atoms with Gasteiger partial charge >= 0.3 is 0 Å². The zero-order valence-electron chi connectivity index (χ0n) is 14.3.